The molecule has 0 aliphatic heterocycles. The molecule has 1 N–H and O–H groups in total. The summed E-state index contributed by atoms with van der Waals surface area (Å²) in [6, 6.07) is 4.89. The zero-order valence-electron chi connectivity index (χ0n) is 12.8. The number of rotatable bonds is 6. The largest absolute Gasteiger partial charge is 0.380 e. The molecule has 0 unspecified atom stereocenters. The van der Waals surface area contributed by atoms with Gasteiger partial charge in [0.25, 0.3) is 5.91 Å². The number of hydrogen-bond acceptors (Lipinski definition) is 4. The fraction of sp³-hybridized carbons (Fsp3) is 0.400. The topological polar surface area (TPSA) is 41.6 Å². The third-order valence-electron chi connectivity index (χ3n) is 3.29. The lowest BCUT2D eigenvalue weighted by Gasteiger charge is -2.16. The summed E-state index contributed by atoms with van der Waals surface area (Å²) < 4.78 is 20.0. The van der Waals surface area contributed by atoms with Gasteiger partial charge in [-0.3, -0.25) is 4.79 Å². The van der Waals surface area contributed by atoms with E-state index >= 15 is 0 Å². The number of hydrogen-bond donors (Lipinski definition) is 1. The third-order valence-corrected chi connectivity index (χ3v) is 4.48. The normalized spacial score (nSPS) is 10.5. The molecule has 0 bridgehead atoms. The number of ether oxygens (including phenoxy) is 1. The van der Waals surface area contributed by atoms with Gasteiger partial charge in [-0.05, 0) is 19.2 Å². The number of carbonyl (C=O) groups excluding carboxylic acids is 1. The lowest BCUT2D eigenvalue weighted by Crippen LogP contribution is -2.32. The second-order valence-corrected chi connectivity index (χ2v) is 5.84. The standard InChI is InChI=1S/C15H19FN2O2S.ClH/c1-17-7-8-18(2)15(19)14-10(9-20-3)13-11(16)5-4-6-12(13)21-14;/h4-6,17H,7-9H2,1-3H3;1H. The van der Waals surface area contributed by atoms with Crippen LogP contribution in [0.1, 0.15) is 15.2 Å². The van der Waals surface area contributed by atoms with Crippen molar-refractivity contribution < 1.29 is 13.9 Å². The predicted molar refractivity (Wildman–Crippen MR) is 90.6 cm³/mol. The van der Waals surface area contributed by atoms with E-state index in [0.717, 1.165) is 4.70 Å². The Morgan fingerprint density at radius 2 is 2.18 bits per heavy atom. The van der Waals surface area contributed by atoms with E-state index in [4.69, 9.17) is 4.74 Å². The van der Waals surface area contributed by atoms with E-state index in [0.29, 0.717) is 28.9 Å². The van der Waals surface area contributed by atoms with Crippen LogP contribution < -0.4 is 5.32 Å². The van der Waals surface area contributed by atoms with Gasteiger partial charge in [-0.2, -0.15) is 0 Å². The van der Waals surface area contributed by atoms with Crippen LogP contribution in [0.15, 0.2) is 18.2 Å². The van der Waals surface area contributed by atoms with Gasteiger partial charge in [0.05, 0.1) is 11.5 Å². The number of amides is 1. The van der Waals surface area contributed by atoms with Crippen LogP contribution in [-0.2, 0) is 11.3 Å². The molecule has 0 radical (unpaired) electrons. The SMILES string of the molecule is CNCCN(C)C(=O)c1sc2cccc(F)c2c1COC.Cl. The van der Waals surface area contributed by atoms with Gasteiger partial charge in [0.2, 0.25) is 0 Å². The lowest BCUT2D eigenvalue weighted by atomic mass is 10.1. The molecule has 0 fully saturated rings. The first kappa shape index (κ1) is 18.8. The van der Waals surface area contributed by atoms with Crippen molar-refractivity contribution in [1.29, 1.82) is 0 Å². The van der Waals surface area contributed by atoms with Gasteiger partial charge in [0.15, 0.2) is 0 Å². The first-order valence-electron chi connectivity index (χ1n) is 6.69. The van der Waals surface area contributed by atoms with Gasteiger partial charge >= 0.3 is 0 Å². The number of nitrogens with zero attached hydrogens (tertiary/aromatic N) is 1. The first-order valence-corrected chi connectivity index (χ1v) is 7.50. The predicted octanol–water partition coefficient (Wildman–Crippen LogP) is 2.90. The number of halogens is 2. The molecule has 2 rings (SSSR count). The first-order chi connectivity index (χ1) is 10.1. The molecule has 0 aliphatic rings. The number of thiophene rings is 1. The highest BCUT2D eigenvalue weighted by atomic mass is 35.5. The smallest absolute Gasteiger partial charge is 0.264 e. The number of benzene rings is 1. The Labute approximate surface area is 139 Å². The number of nitrogens with one attached hydrogen (secondary N) is 1. The highest BCUT2D eigenvalue weighted by molar-refractivity contribution is 7.21. The van der Waals surface area contributed by atoms with Gasteiger partial charge in [-0.15, -0.1) is 23.7 Å². The number of fused-ring (bicyclic) bond motifs is 1. The Balaban J connectivity index is 0.00000242. The summed E-state index contributed by atoms with van der Waals surface area (Å²) in [5.74, 6) is -0.411. The van der Waals surface area contributed by atoms with Crippen molar-refractivity contribution in [3.63, 3.8) is 0 Å². The second-order valence-electron chi connectivity index (χ2n) is 4.79. The maximum absolute atomic E-state index is 14.1. The average molecular weight is 347 g/mol. The molecular weight excluding hydrogens is 327 g/mol. The zero-order chi connectivity index (χ0) is 15.4. The Kier molecular flexibility index (Phi) is 7.22. The summed E-state index contributed by atoms with van der Waals surface area (Å²) in [4.78, 5) is 14.7. The molecule has 0 saturated heterocycles. The van der Waals surface area contributed by atoms with Crippen LogP contribution in [0, 0.1) is 5.82 Å². The van der Waals surface area contributed by atoms with Crippen molar-refractivity contribution in [2.45, 2.75) is 6.61 Å². The number of carbonyl (C=O) groups is 1. The van der Waals surface area contributed by atoms with E-state index < -0.39 is 0 Å². The summed E-state index contributed by atoms with van der Waals surface area (Å²) in [6.45, 7) is 1.53. The molecule has 1 heterocycles. The summed E-state index contributed by atoms with van der Waals surface area (Å²) in [5.41, 5.74) is 0.636. The molecule has 0 aliphatic carbocycles. The Bertz CT molecular complexity index is 648. The fourth-order valence-electron chi connectivity index (χ4n) is 2.18. The molecule has 1 aromatic heterocycles. The molecule has 7 heteroatoms. The molecule has 22 heavy (non-hydrogen) atoms. The van der Waals surface area contributed by atoms with Crippen molar-refractivity contribution in [1.82, 2.24) is 10.2 Å². The maximum Gasteiger partial charge on any atom is 0.264 e. The Hall–Kier alpha value is -1.21. The summed E-state index contributed by atoms with van der Waals surface area (Å²) >= 11 is 1.32. The van der Waals surface area contributed by atoms with Crippen LogP contribution in [0.5, 0.6) is 0 Å². The summed E-state index contributed by atoms with van der Waals surface area (Å²) in [7, 11) is 5.13. The fourth-order valence-corrected chi connectivity index (χ4v) is 3.39. The van der Waals surface area contributed by atoms with Crippen molar-refractivity contribution in [3.05, 3.63) is 34.5 Å². The van der Waals surface area contributed by atoms with Gasteiger partial charge < -0.3 is 15.0 Å². The molecule has 4 nitrogen and oxygen atoms in total. The van der Waals surface area contributed by atoms with Crippen molar-refractivity contribution >= 4 is 39.7 Å². The minimum absolute atomic E-state index is 0. The van der Waals surface area contributed by atoms with E-state index in [9.17, 15) is 9.18 Å². The van der Waals surface area contributed by atoms with Crippen LogP contribution in [0.4, 0.5) is 4.39 Å². The van der Waals surface area contributed by atoms with Gasteiger partial charge in [-0.1, -0.05) is 6.07 Å². The van der Waals surface area contributed by atoms with Gasteiger partial charge in [0, 0.05) is 42.9 Å². The highest BCUT2D eigenvalue weighted by Crippen LogP contribution is 2.34. The van der Waals surface area contributed by atoms with Crippen molar-refractivity contribution in [3.8, 4) is 0 Å². The quantitative estimate of drug-likeness (QED) is 0.874. The molecule has 1 aromatic carbocycles. The molecular formula is C15H20ClFN2O2S. The average Bonchev–Trinajstić information content (AvgIpc) is 2.84. The minimum Gasteiger partial charge on any atom is -0.380 e. The van der Waals surface area contributed by atoms with Crippen LogP contribution >= 0.6 is 23.7 Å². The second kappa shape index (κ2) is 8.43. The van der Waals surface area contributed by atoms with Crippen molar-refractivity contribution in [2.75, 3.05) is 34.3 Å². The maximum atomic E-state index is 14.1. The van der Waals surface area contributed by atoms with E-state index in [1.54, 1.807) is 25.1 Å². The minimum atomic E-state index is -0.312. The molecule has 0 spiro atoms. The monoisotopic (exact) mass is 346 g/mol. The Morgan fingerprint density at radius 3 is 2.82 bits per heavy atom. The van der Waals surface area contributed by atoms with E-state index in [-0.39, 0.29) is 30.7 Å². The summed E-state index contributed by atoms with van der Waals surface area (Å²) in [5, 5.41) is 3.50. The van der Waals surface area contributed by atoms with Crippen molar-refractivity contribution in [2.24, 2.45) is 0 Å². The molecule has 0 saturated carbocycles. The van der Waals surface area contributed by atoms with Gasteiger partial charge in [0.1, 0.15) is 5.82 Å². The van der Waals surface area contributed by atoms with E-state index in [2.05, 4.69) is 5.32 Å². The molecule has 0 atom stereocenters. The van der Waals surface area contributed by atoms with E-state index in [1.165, 1.54) is 17.4 Å². The third kappa shape index (κ3) is 3.76. The molecule has 122 valence electrons. The number of methoxy groups -OCH3 is 1. The number of likely N-dealkylation sites (N-methyl/N-ethyl adjacent to an activating group) is 2. The van der Waals surface area contributed by atoms with Crippen LogP contribution in [0.25, 0.3) is 10.1 Å². The van der Waals surface area contributed by atoms with Crippen LogP contribution in [0.3, 0.4) is 0 Å². The zero-order valence-corrected chi connectivity index (χ0v) is 14.4. The van der Waals surface area contributed by atoms with Crippen LogP contribution in [-0.4, -0.2) is 45.1 Å². The summed E-state index contributed by atoms with van der Waals surface area (Å²) in [6.07, 6.45) is 0. The van der Waals surface area contributed by atoms with Crippen LogP contribution in [0.2, 0.25) is 0 Å². The molecule has 2 aromatic rings. The molecule has 1 amide bonds. The van der Waals surface area contributed by atoms with E-state index in [1.807, 2.05) is 13.1 Å². The van der Waals surface area contributed by atoms with Gasteiger partial charge in [-0.25, -0.2) is 4.39 Å². The lowest BCUT2D eigenvalue weighted by molar-refractivity contribution is 0.0797. The Morgan fingerprint density at radius 1 is 1.45 bits per heavy atom. The highest BCUT2D eigenvalue weighted by Gasteiger charge is 2.22.